The number of aliphatic carboxylic acids is 1. The van der Waals surface area contributed by atoms with Crippen LogP contribution in [0.5, 0.6) is 0 Å². The van der Waals surface area contributed by atoms with E-state index in [0.717, 1.165) is 43.1 Å². The van der Waals surface area contributed by atoms with E-state index in [1.54, 1.807) is 0 Å². The van der Waals surface area contributed by atoms with Crippen molar-refractivity contribution in [1.82, 2.24) is 9.55 Å². The first-order valence-corrected chi connectivity index (χ1v) is 8.26. The summed E-state index contributed by atoms with van der Waals surface area (Å²) in [6.07, 6.45) is 8.16. The third-order valence-electron chi connectivity index (χ3n) is 4.20. The van der Waals surface area contributed by atoms with Crippen LogP contribution >= 0.6 is 11.8 Å². The Kier molecular flexibility index (Phi) is 3.82. The summed E-state index contributed by atoms with van der Waals surface area (Å²) in [4.78, 5) is 15.9. The van der Waals surface area contributed by atoms with Crippen LogP contribution in [0.2, 0.25) is 0 Å². The summed E-state index contributed by atoms with van der Waals surface area (Å²) in [5.74, 6) is 3.51. The first kappa shape index (κ1) is 13.0. The summed E-state index contributed by atoms with van der Waals surface area (Å²) < 4.78 is 1.90. The molecule has 0 bridgehead atoms. The van der Waals surface area contributed by atoms with Gasteiger partial charge < -0.3 is 9.67 Å². The maximum absolute atomic E-state index is 11.3. The van der Waals surface area contributed by atoms with Gasteiger partial charge in [0.25, 0.3) is 0 Å². The van der Waals surface area contributed by atoms with Gasteiger partial charge >= 0.3 is 5.97 Å². The third-order valence-corrected chi connectivity index (χ3v) is 5.25. The van der Waals surface area contributed by atoms with Crippen LogP contribution in [0.4, 0.5) is 0 Å². The molecule has 1 unspecified atom stereocenters. The van der Waals surface area contributed by atoms with E-state index in [9.17, 15) is 9.90 Å². The molecule has 3 heterocycles. The lowest BCUT2D eigenvalue weighted by Crippen LogP contribution is -2.24. The molecule has 4 nitrogen and oxygen atoms in total. The van der Waals surface area contributed by atoms with Crippen LogP contribution in [-0.2, 0) is 17.6 Å². The van der Waals surface area contributed by atoms with Crippen LogP contribution in [0.3, 0.4) is 0 Å². The average molecular weight is 280 g/mol. The number of nitrogens with zero attached hydrogens (tertiary/aromatic N) is 2. The van der Waals surface area contributed by atoms with E-state index in [4.69, 9.17) is 0 Å². The van der Waals surface area contributed by atoms with Crippen LogP contribution in [0.15, 0.2) is 6.20 Å². The van der Waals surface area contributed by atoms with Gasteiger partial charge in [-0.05, 0) is 49.5 Å². The topological polar surface area (TPSA) is 55.1 Å². The SMILES string of the molecule is O=C(O)C1CCCc2nc(CC3CCSCC3)cn21. The molecular formula is C14H20N2O2S. The number of imidazole rings is 1. The van der Waals surface area contributed by atoms with Gasteiger partial charge in [-0.15, -0.1) is 0 Å². The number of carboxylic acids is 1. The van der Waals surface area contributed by atoms with Crippen molar-refractivity contribution < 1.29 is 9.90 Å². The number of carbonyl (C=O) groups is 1. The Morgan fingerprint density at radius 2 is 2.21 bits per heavy atom. The fourth-order valence-electron chi connectivity index (χ4n) is 3.12. The Morgan fingerprint density at radius 1 is 1.42 bits per heavy atom. The van der Waals surface area contributed by atoms with E-state index >= 15 is 0 Å². The zero-order chi connectivity index (χ0) is 13.2. The highest BCUT2D eigenvalue weighted by atomic mass is 32.2. The summed E-state index contributed by atoms with van der Waals surface area (Å²) in [6, 6.07) is -0.396. The van der Waals surface area contributed by atoms with E-state index in [1.165, 1.54) is 24.3 Å². The van der Waals surface area contributed by atoms with Crippen molar-refractivity contribution in [2.45, 2.75) is 44.6 Å². The average Bonchev–Trinajstić information content (AvgIpc) is 2.81. The molecule has 1 N–H and O–H groups in total. The zero-order valence-corrected chi connectivity index (χ0v) is 11.9. The number of aryl methyl sites for hydroxylation is 1. The Labute approximate surface area is 117 Å². The van der Waals surface area contributed by atoms with Crippen molar-refractivity contribution in [2.75, 3.05) is 11.5 Å². The van der Waals surface area contributed by atoms with E-state index < -0.39 is 12.0 Å². The molecule has 0 amide bonds. The van der Waals surface area contributed by atoms with Crippen molar-refractivity contribution in [1.29, 1.82) is 0 Å². The normalized spacial score (nSPS) is 24.1. The number of aromatic nitrogens is 2. The second-order valence-electron chi connectivity index (χ2n) is 5.56. The Morgan fingerprint density at radius 3 is 2.95 bits per heavy atom. The van der Waals surface area contributed by atoms with Crippen LogP contribution < -0.4 is 0 Å². The molecule has 0 aromatic carbocycles. The minimum atomic E-state index is -0.723. The standard InChI is InChI=1S/C14H20N2O2S/c17-14(18)12-2-1-3-13-15-11(9-16(12)13)8-10-4-6-19-7-5-10/h9-10,12H,1-8H2,(H,17,18). The summed E-state index contributed by atoms with van der Waals surface area (Å²) in [5, 5.41) is 9.26. The molecule has 1 fully saturated rings. The first-order valence-electron chi connectivity index (χ1n) is 7.11. The number of hydrogen-bond donors (Lipinski definition) is 1. The van der Waals surface area contributed by atoms with E-state index in [0.29, 0.717) is 0 Å². The molecule has 0 radical (unpaired) electrons. The van der Waals surface area contributed by atoms with Gasteiger partial charge in [-0.25, -0.2) is 9.78 Å². The summed E-state index contributed by atoms with van der Waals surface area (Å²) in [5.41, 5.74) is 1.10. The quantitative estimate of drug-likeness (QED) is 0.924. The van der Waals surface area contributed by atoms with Crippen LogP contribution in [0.1, 0.15) is 43.2 Å². The van der Waals surface area contributed by atoms with Gasteiger partial charge in [-0.2, -0.15) is 11.8 Å². The number of thioether (sulfide) groups is 1. The lowest BCUT2D eigenvalue weighted by Gasteiger charge is -2.21. The maximum atomic E-state index is 11.3. The lowest BCUT2D eigenvalue weighted by molar-refractivity contribution is -0.141. The maximum Gasteiger partial charge on any atom is 0.326 e. The number of hydrogen-bond acceptors (Lipinski definition) is 3. The van der Waals surface area contributed by atoms with Crippen molar-refractivity contribution in [2.24, 2.45) is 5.92 Å². The smallest absolute Gasteiger partial charge is 0.326 e. The molecule has 104 valence electrons. The van der Waals surface area contributed by atoms with Crippen molar-refractivity contribution in [3.63, 3.8) is 0 Å². The summed E-state index contributed by atoms with van der Waals surface area (Å²) in [6.45, 7) is 0. The van der Waals surface area contributed by atoms with Crippen LogP contribution in [0.25, 0.3) is 0 Å². The van der Waals surface area contributed by atoms with Gasteiger partial charge in [-0.3, -0.25) is 0 Å². The predicted molar refractivity (Wildman–Crippen MR) is 75.6 cm³/mol. The van der Waals surface area contributed by atoms with Crippen LogP contribution in [-0.4, -0.2) is 32.1 Å². The van der Waals surface area contributed by atoms with Gasteiger partial charge in [0, 0.05) is 12.6 Å². The molecule has 2 aliphatic heterocycles. The predicted octanol–water partition coefficient (Wildman–Crippen LogP) is 2.53. The molecule has 0 saturated carbocycles. The molecule has 0 spiro atoms. The highest BCUT2D eigenvalue weighted by Crippen LogP contribution is 2.29. The van der Waals surface area contributed by atoms with E-state index in [2.05, 4.69) is 4.98 Å². The second-order valence-corrected chi connectivity index (χ2v) is 6.79. The molecule has 1 atom stereocenters. The van der Waals surface area contributed by atoms with Crippen molar-refractivity contribution in [3.05, 3.63) is 17.7 Å². The molecular weight excluding hydrogens is 260 g/mol. The van der Waals surface area contributed by atoms with Crippen LogP contribution in [0, 0.1) is 5.92 Å². The van der Waals surface area contributed by atoms with E-state index in [1.807, 2.05) is 22.5 Å². The summed E-state index contributed by atoms with van der Waals surface area (Å²) >= 11 is 2.04. The van der Waals surface area contributed by atoms with Gasteiger partial charge in [0.15, 0.2) is 0 Å². The van der Waals surface area contributed by atoms with Gasteiger partial charge in [0.1, 0.15) is 11.9 Å². The Bertz CT molecular complexity index is 466. The zero-order valence-electron chi connectivity index (χ0n) is 11.0. The minimum absolute atomic E-state index is 0.396. The monoisotopic (exact) mass is 280 g/mol. The molecule has 0 aliphatic carbocycles. The molecule has 5 heteroatoms. The first-order chi connectivity index (χ1) is 9.24. The number of rotatable bonds is 3. The second kappa shape index (κ2) is 5.57. The van der Waals surface area contributed by atoms with Crippen molar-refractivity contribution in [3.8, 4) is 0 Å². The highest BCUT2D eigenvalue weighted by molar-refractivity contribution is 7.99. The van der Waals surface area contributed by atoms with Gasteiger partial charge in [0.2, 0.25) is 0 Å². The minimum Gasteiger partial charge on any atom is -0.480 e. The molecule has 1 saturated heterocycles. The van der Waals surface area contributed by atoms with E-state index in [-0.39, 0.29) is 0 Å². The largest absolute Gasteiger partial charge is 0.480 e. The fraction of sp³-hybridized carbons (Fsp3) is 0.714. The molecule has 3 rings (SSSR count). The lowest BCUT2D eigenvalue weighted by atomic mass is 9.97. The highest BCUT2D eigenvalue weighted by Gasteiger charge is 2.27. The number of fused-ring (bicyclic) bond motifs is 1. The number of carboxylic acid groups (broad SMARTS) is 1. The Hall–Kier alpha value is -0.970. The Balaban J connectivity index is 1.75. The fourth-order valence-corrected chi connectivity index (χ4v) is 4.33. The molecule has 1 aromatic rings. The molecule has 1 aromatic heterocycles. The van der Waals surface area contributed by atoms with Crippen molar-refractivity contribution >= 4 is 17.7 Å². The van der Waals surface area contributed by atoms with Gasteiger partial charge in [0.05, 0.1) is 5.69 Å². The van der Waals surface area contributed by atoms with Gasteiger partial charge in [-0.1, -0.05) is 0 Å². The molecule has 19 heavy (non-hydrogen) atoms. The molecule has 2 aliphatic rings. The third kappa shape index (κ3) is 2.81. The summed E-state index contributed by atoms with van der Waals surface area (Å²) in [7, 11) is 0.